The average molecular weight is 419 g/mol. The molecule has 4 rings (SSSR count). The number of aromatic nitrogens is 2. The van der Waals surface area contributed by atoms with Gasteiger partial charge in [0.25, 0.3) is 5.91 Å². The van der Waals surface area contributed by atoms with Gasteiger partial charge in [0.1, 0.15) is 5.82 Å². The standard InChI is InChI=1S/C23H25N5O3/c1-16-26-19-5-2-3-6-20(19)27(16)14-12-24-21(29)15-25-23(31)17-8-10-18(11-9-17)28-13-4-7-22(28)30/h2-3,5-6,8-11H,4,7,12-15H2,1H3,(H,24,29)(H,25,31). The number of amides is 3. The summed E-state index contributed by atoms with van der Waals surface area (Å²) in [6.45, 7) is 3.58. The Kier molecular flexibility index (Phi) is 5.97. The van der Waals surface area contributed by atoms with Crippen molar-refractivity contribution in [1.82, 2.24) is 20.2 Å². The Morgan fingerprint density at radius 2 is 1.84 bits per heavy atom. The first-order valence-corrected chi connectivity index (χ1v) is 10.4. The molecule has 1 saturated heterocycles. The molecule has 2 aromatic carbocycles. The van der Waals surface area contributed by atoms with Crippen molar-refractivity contribution in [2.75, 3.05) is 24.5 Å². The first-order valence-electron chi connectivity index (χ1n) is 10.4. The predicted molar refractivity (Wildman–Crippen MR) is 118 cm³/mol. The molecule has 0 radical (unpaired) electrons. The average Bonchev–Trinajstić information content (AvgIpc) is 3.35. The van der Waals surface area contributed by atoms with E-state index in [1.165, 1.54) is 0 Å². The molecule has 2 N–H and O–H groups in total. The van der Waals surface area contributed by atoms with E-state index in [-0.39, 0.29) is 24.3 Å². The van der Waals surface area contributed by atoms with Crippen molar-refractivity contribution < 1.29 is 14.4 Å². The van der Waals surface area contributed by atoms with Gasteiger partial charge in [-0.2, -0.15) is 0 Å². The van der Waals surface area contributed by atoms with Crippen LogP contribution in [0, 0.1) is 6.92 Å². The Balaban J connectivity index is 1.24. The molecule has 1 aliphatic rings. The molecule has 1 aliphatic heterocycles. The second-order valence-electron chi connectivity index (χ2n) is 7.53. The number of carbonyl (C=O) groups excluding carboxylic acids is 3. The van der Waals surface area contributed by atoms with E-state index in [2.05, 4.69) is 20.2 Å². The van der Waals surface area contributed by atoms with Crippen molar-refractivity contribution in [3.63, 3.8) is 0 Å². The van der Waals surface area contributed by atoms with Gasteiger partial charge in [0.15, 0.2) is 0 Å². The third-order valence-electron chi connectivity index (χ3n) is 5.43. The molecule has 0 atom stereocenters. The molecular formula is C23H25N5O3. The summed E-state index contributed by atoms with van der Waals surface area (Å²) in [5, 5.41) is 5.45. The Morgan fingerprint density at radius 3 is 2.58 bits per heavy atom. The van der Waals surface area contributed by atoms with Crippen LogP contribution < -0.4 is 15.5 Å². The summed E-state index contributed by atoms with van der Waals surface area (Å²) in [5.74, 6) is 0.413. The summed E-state index contributed by atoms with van der Waals surface area (Å²) in [4.78, 5) is 42.5. The van der Waals surface area contributed by atoms with Crippen molar-refractivity contribution in [3.05, 3.63) is 59.9 Å². The van der Waals surface area contributed by atoms with Gasteiger partial charge in [-0.05, 0) is 49.7 Å². The molecular weight excluding hydrogens is 394 g/mol. The van der Waals surface area contributed by atoms with Crippen LogP contribution in [0.2, 0.25) is 0 Å². The number of anilines is 1. The van der Waals surface area contributed by atoms with Gasteiger partial charge < -0.3 is 20.1 Å². The minimum absolute atomic E-state index is 0.102. The quantitative estimate of drug-likeness (QED) is 0.612. The van der Waals surface area contributed by atoms with Crippen LogP contribution in [0.5, 0.6) is 0 Å². The molecule has 31 heavy (non-hydrogen) atoms. The zero-order chi connectivity index (χ0) is 21.8. The SMILES string of the molecule is Cc1nc2ccccc2n1CCNC(=O)CNC(=O)c1ccc(N2CCCC2=O)cc1. The van der Waals surface area contributed by atoms with Gasteiger partial charge in [-0.3, -0.25) is 14.4 Å². The normalized spacial score (nSPS) is 13.6. The lowest BCUT2D eigenvalue weighted by atomic mass is 10.2. The number of hydrogen-bond acceptors (Lipinski definition) is 4. The molecule has 0 spiro atoms. The van der Waals surface area contributed by atoms with Gasteiger partial charge in [-0.15, -0.1) is 0 Å². The molecule has 0 unspecified atom stereocenters. The third kappa shape index (κ3) is 4.58. The van der Waals surface area contributed by atoms with Gasteiger partial charge in [-0.25, -0.2) is 4.98 Å². The molecule has 3 aromatic rings. The molecule has 8 nitrogen and oxygen atoms in total. The second kappa shape index (κ2) is 8.99. The number of para-hydroxylation sites is 2. The van der Waals surface area contributed by atoms with Crippen LogP contribution in [0.4, 0.5) is 5.69 Å². The van der Waals surface area contributed by atoms with E-state index in [1.54, 1.807) is 29.2 Å². The summed E-state index contributed by atoms with van der Waals surface area (Å²) < 4.78 is 2.06. The first-order chi connectivity index (χ1) is 15.0. The number of imidazole rings is 1. The maximum atomic E-state index is 12.3. The number of carbonyl (C=O) groups is 3. The largest absolute Gasteiger partial charge is 0.353 e. The van der Waals surface area contributed by atoms with Crippen molar-refractivity contribution in [3.8, 4) is 0 Å². The Labute approximate surface area is 180 Å². The lowest BCUT2D eigenvalue weighted by Crippen LogP contribution is -2.38. The van der Waals surface area contributed by atoms with E-state index >= 15 is 0 Å². The molecule has 1 aromatic heterocycles. The molecule has 8 heteroatoms. The van der Waals surface area contributed by atoms with E-state index in [1.807, 2.05) is 31.2 Å². The molecule has 0 aliphatic carbocycles. The fourth-order valence-corrected chi connectivity index (χ4v) is 3.82. The van der Waals surface area contributed by atoms with Gasteiger partial charge in [0.2, 0.25) is 11.8 Å². The van der Waals surface area contributed by atoms with Gasteiger partial charge >= 0.3 is 0 Å². The lowest BCUT2D eigenvalue weighted by molar-refractivity contribution is -0.120. The zero-order valence-electron chi connectivity index (χ0n) is 17.4. The van der Waals surface area contributed by atoms with Crippen molar-refractivity contribution in [2.45, 2.75) is 26.3 Å². The fourth-order valence-electron chi connectivity index (χ4n) is 3.82. The highest BCUT2D eigenvalue weighted by Crippen LogP contribution is 2.21. The summed E-state index contributed by atoms with van der Waals surface area (Å²) in [7, 11) is 0. The predicted octanol–water partition coefficient (Wildman–Crippen LogP) is 2.02. The van der Waals surface area contributed by atoms with Crippen molar-refractivity contribution in [2.24, 2.45) is 0 Å². The van der Waals surface area contributed by atoms with Crippen LogP contribution in [0.1, 0.15) is 29.0 Å². The summed E-state index contributed by atoms with van der Waals surface area (Å²) in [6.07, 6.45) is 1.42. The number of fused-ring (bicyclic) bond motifs is 1. The minimum atomic E-state index is -0.328. The third-order valence-corrected chi connectivity index (χ3v) is 5.43. The number of nitrogens with zero attached hydrogens (tertiary/aromatic N) is 3. The van der Waals surface area contributed by atoms with Crippen LogP contribution in [0.15, 0.2) is 48.5 Å². The van der Waals surface area contributed by atoms with Gasteiger partial charge in [0.05, 0.1) is 17.6 Å². The minimum Gasteiger partial charge on any atom is -0.353 e. The maximum Gasteiger partial charge on any atom is 0.251 e. The van der Waals surface area contributed by atoms with Crippen LogP contribution in [-0.2, 0) is 16.1 Å². The summed E-state index contributed by atoms with van der Waals surface area (Å²) in [6, 6.07) is 14.7. The lowest BCUT2D eigenvalue weighted by Gasteiger charge is -2.15. The number of nitrogens with one attached hydrogen (secondary N) is 2. The molecule has 3 amide bonds. The van der Waals surface area contributed by atoms with Gasteiger partial charge in [0, 0.05) is 37.3 Å². The van der Waals surface area contributed by atoms with Crippen LogP contribution in [0.25, 0.3) is 11.0 Å². The molecule has 0 saturated carbocycles. The molecule has 2 heterocycles. The van der Waals surface area contributed by atoms with E-state index in [0.717, 1.165) is 29.0 Å². The highest BCUT2D eigenvalue weighted by Gasteiger charge is 2.21. The van der Waals surface area contributed by atoms with E-state index in [4.69, 9.17) is 0 Å². The molecule has 1 fully saturated rings. The van der Waals surface area contributed by atoms with Crippen molar-refractivity contribution >= 4 is 34.4 Å². The highest BCUT2D eigenvalue weighted by atomic mass is 16.2. The Bertz CT molecular complexity index is 1120. The summed E-state index contributed by atoms with van der Waals surface area (Å²) in [5.41, 5.74) is 3.20. The number of hydrogen-bond donors (Lipinski definition) is 2. The van der Waals surface area contributed by atoms with Gasteiger partial charge in [-0.1, -0.05) is 12.1 Å². The highest BCUT2D eigenvalue weighted by molar-refractivity contribution is 5.98. The topological polar surface area (TPSA) is 96.3 Å². The smallest absolute Gasteiger partial charge is 0.251 e. The number of rotatable bonds is 7. The maximum absolute atomic E-state index is 12.3. The molecule has 160 valence electrons. The zero-order valence-corrected chi connectivity index (χ0v) is 17.4. The number of aryl methyl sites for hydroxylation is 1. The van der Waals surface area contributed by atoms with Crippen LogP contribution in [0.3, 0.4) is 0 Å². The number of benzene rings is 2. The van der Waals surface area contributed by atoms with E-state index in [9.17, 15) is 14.4 Å². The van der Waals surface area contributed by atoms with Crippen LogP contribution in [-0.4, -0.2) is 46.9 Å². The van der Waals surface area contributed by atoms with E-state index < -0.39 is 0 Å². The molecule has 0 bridgehead atoms. The monoisotopic (exact) mass is 419 g/mol. The fraction of sp³-hybridized carbons (Fsp3) is 0.304. The van der Waals surface area contributed by atoms with E-state index in [0.29, 0.717) is 31.6 Å². The Hall–Kier alpha value is -3.68. The first kappa shape index (κ1) is 20.6. The summed E-state index contributed by atoms with van der Waals surface area (Å²) >= 11 is 0. The van der Waals surface area contributed by atoms with Crippen molar-refractivity contribution in [1.29, 1.82) is 0 Å². The van der Waals surface area contributed by atoms with Crippen LogP contribution >= 0.6 is 0 Å². The second-order valence-corrected chi connectivity index (χ2v) is 7.53. The Morgan fingerprint density at radius 1 is 1.06 bits per heavy atom.